The van der Waals surface area contributed by atoms with Crippen molar-refractivity contribution in [2.45, 2.75) is 51.1 Å². The van der Waals surface area contributed by atoms with E-state index in [1.54, 1.807) is 0 Å². The van der Waals surface area contributed by atoms with E-state index in [4.69, 9.17) is 10.5 Å². The van der Waals surface area contributed by atoms with Gasteiger partial charge in [-0.1, -0.05) is 0 Å². The molecule has 0 saturated carbocycles. The van der Waals surface area contributed by atoms with Crippen LogP contribution in [-0.4, -0.2) is 28.5 Å². The predicted molar refractivity (Wildman–Crippen MR) is 67.9 cm³/mol. The maximum atomic E-state index is 6.45. The Kier molecular flexibility index (Phi) is 3.84. The van der Waals surface area contributed by atoms with Gasteiger partial charge >= 0.3 is 0 Å². The summed E-state index contributed by atoms with van der Waals surface area (Å²) in [6.07, 6.45) is 5.91. The number of nitrogens with two attached hydrogens (primary N) is 1. The highest BCUT2D eigenvalue weighted by atomic mass is 16.5. The molecule has 1 aliphatic heterocycles. The van der Waals surface area contributed by atoms with Gasteiger partial charge in [0.15, 0.2) is 0 Å². The fourth-order valence-corrected chi connectivity index (χ4v) is 2.33. The smallest absolute Gasteiger partial charge is 0.0643 e. The van der Waals surface area contributed by atoms with Gasteiger partial charge in [-0.05, 0) is 39.2 Å². The predicted octanol–water partition coefficient (Wildman–Crippen LogP) is 1.90. The fourth-order valence-electron chi connectivity index (χ4n) is 2.33. The van der Waals surface area contributed by atoms with Gasteiger partial charge in [0, 0.05) is 37.4 Å². The Labute approximate surface area is 103 Å². The molecule has 0 aromatic carbocycles. The monoisotopic (exact) mass is 237 g/mol. The fraction of sp³-hybridized carbons (Fsp3) is 0.769. The topological polar surface area (TPSA) is 53.1 Å². The zero-order chi connectivity index (χ0) is 12.3. The van der Waals surface area contributed by atoms with Crippen molar-refractivity contribution in [3.05, 3.63) is 18.0 Å². The summed E-state index contributed by atoms with van der Waals surface area (Å²) >= 11 is 0. The minimum absolute atomic E-state index is 0.132. The van der Waals surface area contributed by atoms with E-state index in [1.807, 2.05) is 10.9 Å². The van der Waals surface area contributed by atoms with Gasteiger partial charge in [-0.25, -0.2) is 0 Å². The van der Waals surface area contributed by atoms with E-state index in [2.05, 4.69) is 25.0 Å². The molecule has 1 aromatic heterocycles. The van der Waals surface area contributed by atoms with Crippen LogP contribution in [0.15, 0.2) is 12.3 Å². The van der Waals surface area contributed by atoms with E-state index in [0.717, 1.165) is 44.6 Å². The van der Waals surface area contributed by atoms with Crippen LogP contribution < -0.4 is 5.73 Å². The van der Waals surface area contributed by atoms with Crippen molar-refractivity contribution in [3.8, 4) is 0 Å². The van der Waals surface area contributed by atoms with Crippen LogP contribution in [0.5, 0.6) is 0 Å². The summed E-state index contributed by atoms with van der Waals surface area (Å²) in [5.74, 6) is 0. The third kappa shape index (κ3) is 3.30. The van der Waals surface area contributed by atoms with E-state index < -0.39 is 0 Å². The minimum Gasteiger partial charge on any atom is -0.381 e. The number of nitrogens with zero attached hydrogens (tertiary/aromatic N) is 2. The lowest BCUT2D eigenvalue weighted by Gasteiger charge is -2.26. The van der Waals surface area contributed by atoms with E-state index in [-0.39, 0.29) is 5.54 Å². The Morgan fingerprint density at radius 3 is 3.00 bits per heavy atom. The molecule has 1 unspecified atom stereocenters. The second-order valence-electron chi connectivity index (χ2n) is 5.39. The summed E-state index contributed by atoms with van der Waals surface area (Å²) in [4.78, 5) is 0. The second-order valence-corrected chi connectivity index (χ2v) is 5.39. The lowest BCUT2D eigenvalue weighted by Crippen LogP contribution is -2.42. The van der Waals surface area contributed by atoms with Crippen LogP contribution >= 0.6 is 0 Å². The molecule has 1 aromatic rings. The van der Waals surface area contributed by atoms with Crippen LogP contribution in [0.4, 0.5) is 0 Å². The zero-order valence-corrected chi connectivity index (χ0v) is 10.9. The van der Waals surface area contributed by atoms with Crippen LogP contribution in [0.3, 0.4) is 0 Å². The van der Waals surface area contributed by atoms with Crippen molar-refractivity contribution in [2.24, 2.45) is 5.73 Å². The van der Waals surface area contributed by atoms with Gasteiger partial charge in [0.05, 0.1) is 5.69 Å². The molecule has 1 fully saturated rings. The third-order valence-electron chi connectivity index (χ3n) is 3.43. The third-order valence-corrected chi connectivity index (χ3v) is 3.43. The zero-order valence-electron chi connectivity index (χ0n) is 10.9. The van der Waals surface area contributed by atoms with Crippen molar-refractivity contribution < 1.29 is 4.74 Å². The lowest BCUT2D eigenvalue weighted by molar-refractivity contribution is 0.139. The molecule has 0 aliphatic carbocycles. The first-order valence-electron chi connectivity index (χ1n) is 6.50. The number of aromatic nitrogens is 2. The summed E-state index contributed by atoms with van der Waals surface area (Å²) in [5, 5.41) is 4.58. The van der Waals surface area contributed by atoms with Crippen molar-refractivity contribution in [1.82, 2.24) is 9.78 Å². The molecule has 1 aliphatic rings. The van der Waals surface area contributed by atoms with Gasteiger partial charge in [0.1, 0.15) is 0 Å². The van der Waals surface area contributed by atoms with Gasteiger partial charge in [-0.2, -0.15) is 5.10 Å². The molecule has 4 nitrogen and oxygen atoms in total. The highest BCUT2D eigenvalue weighted by Crippen LogP contribution is 2.22. The van der Waals surface area contributed by atoms with E-state index in [0.29, 0.717) is 6.04 Å². The number of rotatable bonds is 3. The molecule has 17 heavy (non-hydrogen) atoms. The van der Waals surface area contributed by atoms with Gasteiger partial charge in [0.25, 0.3) is 0 Å². The summed E-state index contributed by atoms with van der Waals surface area (Å²) < 4.78 is 7.46. The molecule has 0 spiro atoms. The first-order valence-corrected chi connectivity index (χ1v) is 6.50. The van der Waals surface area contributed by atoms with E-state index in [1.165, 1.54) is 0 Å². The Bertz CT molecular complexity index is 351. The molecule has 2 N–H and O–H groups in total. The number of ether oxygens (including phenoxy) is 1. The molecule has 2 heterocycles. The van der Waals surface area contributed by atoms with Gasteiger partial charge in [0.2, 0.25) is 0 Å². The molecule has 1 saturated heterocycles. The largest absolute Gasteiger partial charge is 0.381 e. The van der Waals surface area contributed by atoms with Crippen LogP contribution in [-0.2, 0) is 11.2 Å². The average molecular weight is 237 g/mol. The van der Waals surface area contributed by atoms with Crippen LogP contribution in [0, 0.1) is 0 Å². The Morgan fingerprint density at radius 2 is 2.29 bits per heavy atom. The number of hydrogen-bond donors (Lipinski definition) is 1. The molecule has 2 rings (SSSR count). The van der Waals surface area contributed by atoms with Crippen molar-refractivity contribution in [2.75, 3.05) is 13.2 Å². The normalized spacial score (nSPS) is 26.1. The summed E-state index contributed by atoms with van der Waals surface area (Å²) in [7, 11) is 0. The lowest BCUT2D eigenvalue weighted by atomic mass is 9.87. The summed E-state index contributed by atoms with van der Waals surface area (Å²) in [6, 6.07) is 2.50. The molecular weight excluding hydrogens is 214 g/mol. The van der Waals surface area contributed by atoms with Crippen molar-refractivity contribution >= 4 is 0 Å². The maximum absolute atomic E-state index is 6.45. The number of hydrogen-bond acceptors (Lipinski definition) is 3. The van der Waals surface area contributed by atoms with Gasteiger partial charge in [-0.3, -0.25) is 4.68 Å². The van der Waals surface area contributed by atoms with Crippen LogP contribution in [0.1, 0.15) is 44.8 Å². The Hall–Kier alpha value is -0.870. The molecule has 1 atom stereocenters. The molecule has 4 heteroatoms. The molecule has 0 bridgehead atoms. The first-order chi connectivity index (χ1) is 8.09. The van der Waals surface area contributed by atoms with Crippen LogP contribution in [0.25, 0.3) is 0 Å². The SMILES string of the molecule is CC(C)n1ccc(CC2(N)CCCOCC2)n1. The van der Waals surface area contributed by atoms with Crippen LogP contribution in [0.2, 0.25) is 0 Å². The Morgan fingerprint density at radius 1 is 1.47 bits per heavy atom. The van der Waals surface area contributed by atoms with Gasteiger partial charge in [-0.15, -0.1) is 0 Å². The van der Waals surface area contributed by atoms with E-state index >= 15 is 0 Å². The van der Waals surface area contributed by atoms with Gasteiger partial charge < -0.3 is 10.5 Å². The van der Waals surface area contributed by atoms with Crippen molar-refractivity contribution in [3.63, 3.8) is 0 Å². The second kappa shape index (κ2) is 5.19. The highest BCUT2D eigenvalue weighted by Gasteiger charge is 2.27. The minimum atomic E-state index is -0.132. The molecular formula is C13H23N3O. The standard InChI is InChI=1S/C13H23N3O/c1-11(2)16-7-4-12(15-16)10-13(14)5-3-8-17-9-6-13/h4,7,11H,3,5-6,8-10,14H2,1-2H3. The van der Waals surface area contributed by atoms with Crippen molar-refractivity contribution in [1.29, 1.82) is 0 Å². The highest BCUT2D eigenvalue weighted by molar-refractivity contribution is 5.06. The quantitative estimate of drug-likeness (QED) is 0.873. The summed E-state index contributed by atoms with van der Waals surface area (Å²) in [6.45, 7) is 5.89. The Balaban J connectivity index is 2.02. The average Bonchev–Trinajstić information content (AvgIpc) is 2.61. The molecule has 0 amide bonds. The molecule has 96 valence electrons. The first kappa shape index (κ1) is 12.6. The summed E-state index contributed by atoms with van der Waals surface area (Å²) in [5.41, 5.74) is 7.42. The van der Waals surface area contributed by atoms with E-state index in [9.17, 15) is 0 Å². The maximum Gasteiger partial charge on any atom is 0.0643 e. The molecule has 0 radical (unpaired) electrons.